The van der Waals surface area contributed by atoms with Gasteiger partial charge in [-0.15, -0.1) is 0 Å². The van der Waals surface area contributed by atoms with Crippen molar-refractivity contribution in [3.8, 4) is 0 Å². The van der Waals surface area contributed by atoms with Crippen molar-refractivity contribution in [2.75, 3.05) is 20.1 Å². The molecule has 1 aliphatic heterocycles. The summed E-state index contributed by atoms with van der Waals surface area (Å²) in [6, 6.07) is 1.57. The van der Waals surface area contributed by atoms with Crippen molar-refractivity contribution < 1.29 is 19.1 Å². The number of hydrogen-bond donors (Lipinski definition) is 2. The Kier molecular flexibility index (Phi) is 4.44. The largest absolute Gasteiger partial charge is 0.475 e. The van der Waals surface area contributed by atoms with Crippen LogP contribution in [-0.2, 0) is 11.3 Å². The van der Waals surface area contributed by atoms with Crippen molar-refractivity contribution in [3.05, 3.63) is 23.2 Å². The zero-order valence-electron chi connectivity index (χ0n) is 11.8. The summed E-state index contributed by atoms with van der Waals surface area (Å²) in [6.07, 6.45) is 1.88. The molecule has 1 fully saturated rings. The summed E-state index contributed by atoms with van der Waals surface area (Å²) in [6.45, 7) is 4.01. The number of carbonyl (C=O) groups is 2. The number of piperidine rings is 1. The first-order chi connectivity index (χ1) is 9.51. The number of furan rings is 1. The van der Waals surface area contributed by atoms with E-state index in [-0.39, 0.29) is 17.6 Å². The molecule has 0 radical (unpaired) electrons. The van der Waals surface area contributed by atoms with E-state index in [1.54, 1.807) is 20.0 Å². The molecule has 0 aliphatic carbocycles. The lowest BCUT2D eigenvalue weighted by molar-refractivity contribution is -0.126. The monoisotopic (exact) mass is 280 g/mol. The van der Waals surface area contributed by atoms with Gasteiger partial charge in [-0.05, 0) is 32.4 Å². The number of aryl methyl sites for hydroxylation is 1. The third kappa shape index (κ3) is 3.19. The van der Waals surface area contributed by atoms with Gasteiger partial charge in [-0.25, -0.2) is 4.79 Å². The number of carboxylic acid groups (broad SMARTS) is 1. The van der Waals surface area contributed by atoms with Gasteiger partial charge >= 0.3 is 5.97 Å². The van der Waals surface area contributed by atoms with Crippen LogP contribution in [0.4, 0.5) is 0 Å². The summed E-state index contributed by atoms with van der Waals surface area (Å²) >= 11 is 0. The lowest BCUT2D eigenvalue weighted by Crippen LogP contribution is -2.41. The van der Waals surface area contributed by atoms with E-state index in [0.717, 1.165) is 24.9 Å². The minimum absolute atomic E-state index is 0.0138. The normalized spacial score (nSPS) is 19.8. The van der Waals surface area contributed by atoms with Crippen LogP contribution in [0.15, 0.2) is 10.5 Å². The summed E-state index contributed by atoms with van der Waals surface area (Å²) in [5.41, 5.74) is 0.875. The molecule has 2 heterocycles. The smallest absolute Gasteiger partial charge is 0.371 e. The Morgan fingerprint density at radius 3 is 2.90 bits per heavy atom. The zero-order chi connectivity index (χ0) is 14.7. The number of aromatic carboxylic acids is 1. The van der Waals surface area contributed by atoms with E-state index in [9.17, 15) is 9.59 Å². The molecule has 1 aromatic rings. The summed E-state index contributed by atoms with van der Waals surface area (Å²) in [4.78, 5) is 24.7. The predicted octanol–water partition coefficient (Wildman–Crippen LogP) is 1.24. The highest BCUT2D eigenvalue weighted by atomic mass is 16.4. The minimum atomic E-state index is -1.05. The average Bonchev–Trinajstić information content (AvgIpc) is 2.80. The molecule has 1 atom stereocenters. The zero-order valence-corrected chi connectivity index (χ0v) is 11.8. The molecule has 1 saturated heterocycles. The highest BCUT2D eigenvalue weighted by Gasteiger charge is 2.26. The van der Waals surface area contributed by atoms with Gasteiger partial charge in [-0.3, -0.25) is 9.69 Å². The van der Waals surface area contributed by atoms with Gasteiger partial charge in [0.1, 0.15) is 5.76 Å². The van der Waals surface area contributed by atoms with Crippen molar-refractivity contribution in [2.24, 2.45) is 5.92 Å². The van der Waals surface area contributed by atoms with Crippen LogP contribution < -0.4 is 5.32 Å². The van der Waals surface area contributed by atoms with Crippen molar-refractivity contribution in [1.82, 2.24) is 10.2 Å². The van der Waals surface area contributed by atoms with Gasteiger partial charge in [0.2, 0.25) is 11.7 Å². The maximum absolute atomic E-state index is 11.7. The van der Waals surface area contributed by atoms with E-state index in [1.807, 2.05) is 0 Å². The van der Waals surface area contributed by atoms with Gasteiger partial charge < -0.3 is 14.8 Å². The highest BCUT2D eigenvalue weighted by Crippen LogP contribution is 2.22. The number of carbonyl (C=O) groups excluding carboxylic acids is 1. The van der Waals surface area contributed by atoms with Crippen LogP contribution in [-0.4, -0.2) is 42.0 Å². The third-order valence-electron chi connectivity index (χ3n) is 3.75. The topological polar surface area (TPSA) is 82.8 Å². The first-order valence-corrected chi connectivity index (χ1v) is 6.77. The maximum atomic E-state index is 11.7. The Morgan fingerprint density at radius 2 is 2.30 bits per heavy atom. The Labute approximate surface area is 117 Å². The number of likely N-dealkylation sites (tertiary alicyclic amines) is 1. The molecular weight excluding hydrogens is 260 g/mol. The number of nitrogens with zero attached hydrogens (tertiary/aromatic N) is 1. The van der Waals surface area contributed by atoms with E-state index in [4.69, 9.17) is 9.52 Å². The van der Waals surface area contributed by atoms with E-state index >= 15 is 0 Å². The van der Waals surface area contributed by atoms with Crippen LogP contribution >= 0.6 is 0 Å². The number of hydrogen-bond acceptors (Lipinski definition) is 4. The molecule has 0 saturated carbocycles. The van der Waals surface area contributed by atoms with Crippen LogP contribution in [0.25, 0.3) is 0 Å². The third-order valence-corrected chi connectivity index (χ3v) is 3.75. The second-order valence-corrected chi connectivity index (χ2v) is 5.19. The van der Waals surface area contributed by atoms with E-state index in [0.29, 0.717) is 18.8 Å². The number of nitrogens with one attached hydrogen (secondary N) is 1. The van der Waals surface area contributed by atoms with Crippen LogP contribution in [0.3, 0.4) is 0 Å². The second kappa shape index (κ2) is 6.09. The number of rotatable bonds is 4. The van der Waals surface area contributed by atoms with Crippen molar-refractivity contribution in [2.45, 2.75) is 26.3 Å². The summed E-state index contributed by atoms with van der Waals surface area (Å²) in [7, 11) is 1.65. The molecule has 1 aromatic heterocycles. The van der Waals surface area contributed by atoms with Crippen molar-refractivity contribution in [3.63, 3.8) is 0 Å². The van der Waals surface area contributed by atoms with Gasteiger partial charge in [-0.2, -0.15) is 0 Å². The molecule has 2 rings (SSSR count). The molecule has 110 valence electrons. The first-order valence-electron chi connectivity index (χ1n) is 6.77. The fourth-order valence-electron chi connectivity index (χ4n) is 2.64. The second-order valence-electron chi connectivity index (χ2n) is 5.19. The predicted molar refractivity (Wildman–Crippen MR) is 72.5 cm³/mol. The molecule has 1 aliphatic rings. The molecule has 1 unspecified atom stereocenters. The molecule has 0 spiro atoms. The van der Waals surface area contributed by atoms with Gasteiger partial charge in [-0.1, -0.05) is 0 Å². The first kappa shape index (κ1) is 14.6. The number of carboxylic acids is 1. The molecule has 6 nitrogen and oxygen atoms in total. The summed E-state index contributed by atoms with van der Waals surface area (Å²) in [5.74, 6) is -0.368. The fraction of sp³-hybridized carbons (Fsp3) is 0.571. The number of amides is 1. The molecule has 2 N–H and O–H groups in total. The van der Waals surface area contributed by atoms with E-state index in [1.165, 1.54) is 0 Å². The Balaban J connectivity index is 2.02. The minimum Gasteiger partial charge on any atom is -0.475 e. The van der Waals surface area contributed by atoms with Gasteiger partial charge in [0.05, 0.1) is 5.92 Å². The Bertz CT molecular complexity index is 509. The van der Waals surface area contributed by atoms with Gasteiger partial charge in [0.25, 0.3) is 0 Å². The highest BCUT2D eigenvalue weighted by molar-refractivity contribution is 5.84. The van der Waals surface area contributed by atoms with Crippen LogP contribution in [0.5, 0.6) is 0 Å². The molecule has 0 bridgehead atoms. The van der Waals surface area contributed by atoms with E-state index < -0.39 is 5.97 Å². The summed E-state index contributed by atoms with van der Waals surface area (Å²) in [5, 5.41) is 11.6. The molecule has 0 aromatic carbocycles. The molecule has 1 amide bonds. The Morgan fingerprint density at radius 1 is 1.55 bits per heavy atom. The molecule has 6 heteroatoms. The van der Waals surface area contributed by atoms with Crippen LogP contribution in [0.2, 0.25) is 0 Å². The maximum Gasteiger partial charge on any atom is 0.371 e. The standard InChI is InChI=1S/C14H20N2O4/c1-9-11(6-12(20-9)14(18)19)8-16-5-3-4-10(7-16)13(17)15-2/h6,10H,3-5,7-8H2,1-2H3,(H,15,17)(H,18,19). The van der Waals surface area contributed by atoms with Crippen molar-refractivity contribution in [1.29, 1.82) is 0 Å². The van der Waals surface area contributed by atoms with Gasteiger partial charge in [0.15, 0.2) is 0 Å². The SMILES string of the molecule is CNC(=O)C1CCCN(Cc2cc(C(=O)O)oc2C)C1. The fourth-order valence-corrected chi connectivity index (χ4v) is 2.64. The van der Waals surface area contributed by atoms with Gasteiger partial charge in [0, 0.05) is 25.7 Å². The van der Waals surface area contributed by atoms with Crippen LogP contribution in [0, 0.1) is 12.8 Å². The molecule has 20 heavy (non-hydrogen) atoms. The summed E-state index contributed by atoms with van der Waals surface area (Å²) < 4.78 is 5.21. The molecular formula is C14H20N2O4. The quantitative estimate of drug-likeness (QED) is 0.867. The van der Waals surface area contributed by atoms with E-state index in [2.05, 4.69) is 10.2 Å². The Hall–Kier alpha value is -1.82. The lowest BCUT2D eigenvalue weighted by Gasteiger charge is -2.31. The van der Waals surface area contributed by atoms with Crippen molar-refractivity contribution >= 4 is 11.9 Å². The lowest BCUT2D eigenvalue weighted by atomic mass is 9.97. The van der Waals surface area contributed by atoms with Crippen LogP contribution in [0.1, 0.15) is 34.7 Å². The average molecular weight is 280 g/mol.